The van der Waals surface area contributed by atoms with Crippen molar-refractivity contribution in [2.75, 3.05) is 23.3 Å². The SMILES string of the molecule is Cc1cc(Nc2cc(N3CC(N)C3)nc3c(-c4ccn(C)c4)cnn23)sn1. The van der Waals surface area contributed by atoms with Crippen LogP contribution in [0.5, 0.6) is 0 Å². The maximum absolute atomic E-state index is 5.97. The molecular formula is C18H20N8S. The lowest BCUT2D eigenvalue weighted by Gasteiger charge is -2.38. The van der Waals surface area contributed by atoms with Gasteiger partial charge in [0.15, 0.2) is 5.65 Å². The summed E-state index contributed by atoms with van der Waals surface area (Å²) in [6.07, 6.45) is 5.97. The molecule has 5 heterocycles. The Bertz CT molecular complexity index is 1120. The molecule has 1 aliphatic heterocycles. The van der Waals surface area contributed by atoms with Gasteiger partial charge in [0.1, 0.15) is 16.6 Å². The minimum Gasteiger partial charge on any atom is -0.357 e. The molecule has 0 aliphatic carbocycles. The lowest BCUT2D eigenvalue weighted by atomic mass is 10.1. The van der Waals surface area contributed by atoms with Gasteiger partial charge in [-0.2, -0.15) is 14.0 Å². The summed E-state index contributed by atoms with van der Waals surface area (Å²) >= 11 is 1.43. The summed E-state index contributed by atoms with van der Waals surface area (Å²) in [4.78, 5) is 7.08. The largest absolute Gasteiger partial charge is 0.357 e. The summed E-state index contributed by atoms with van der Waals surface area (Å²) in [5.41, 5.74) is 9.89. The quantitative estimate of drug-likeness (QED) is 0.565. The molecule has 0 bridgehead atoms. The van der Waals surface area contributed by atoms with Crippen molar-refractivity contribution in [3.05, 3.63) is 42.5 Å². The first kappa shape index (κ1) is 16.3. The molecule has 8 nitrogen and oxygen atoms in total. The van der Waals surface area contributed by atoms with Crippen LogP contribution in [0.25, 0.3) is 16.8 Å². The number of rotatable bonds is 4. The van der Waals surface area contributed by atoms with E-state index in [1.165, 1.54) is 11.5 Å². The third-order valence-corrected chi connectivity index (χ3v) is 5.51. The third kappa shape index (κ3) is 2.84. The Morgan fingerprint density at radius 3 is 2.81 bits per heavy atom. The van der Waals surface area contributed by atoms with Gasteiger partial charge in [-0.25, -0.2) is 4.98 Å². The molecule has 1 saturated heterocycles. The summed E-state index contributed by atoms with van der Waals surface area (Å²) in [6, 6.07) is 6.33. The highest BCUT2D eigenvalue weighted by Crippen LogP contribution is 2.31. The Labute approximate surface area is 160 Å². The molecule has 0 radical (unpaired) electrons. The van der Waals surface area contributed by atoms with Gasteiger partial charge in [-0.05, 0) is 30.6 Å². The highest BCUT2D eigenvalue weighted by molar-refractivity contribution is 7.10. The molecule has 0 atom stereocenters. The molecule has 138 valence electrons. The smallest absolute Gasteiger partial charge is 0.167 e. The van der Waals surface area contributed by atoms with Crippen LogP contribution in [0.2, 0.25) is 0 Å². The monoisotopic (exact) mass is 380 g/mol. The zero-order valence-electron chi connectivity index (χ0n) is 15.1. The minimum atomic E-state index is 0.210. The highest BCUT2D eigenvalue weighted by atomic mass is 32.1. The van der Waals surface area contributed by atoms with Gasteiger partial charge < -0.3 is 20.5 Å². The van der Waals surface area contributed by atoms with Crippen LogP contribution in [-0.4, -0.2) is 42.7 Å². The minimum absolute atomic E-state index is 0.210. The summed E-state index contributed by atoms with van der Waals surface area (Å²) in [6.45, 7) is 3.62. The number of nitrogens with zero attached hydrogens (tertiary/aromatic N) is 6. The van der Waals surface area contributed by atoms with E-state index in [1.807, 2.05) is 47.6 Å². The van der Waals surface area contributed by atoms with Crippen LogP contribution in [0, 0.1) is 6.92 Å². The van der Waals surface area contributed by atoms with E-state index in [-0.39, 0.29) is 6.04 Å². The van der Waals surface area contributed by atoms with E-state index in [4.69, 9.17) is 10.7 Å². The molecule has 0 spiro atoms. The maximum Gasteiger partial charge on any atom is 0.167 e. The number of aromatic nitrogens is 5. The molecule has 27 heavy (non-hydrogen) atoms. The van der Waals surface area contributed by atoms with Crippen LogP contribution in [0.1, 0.15) is 5.69 Å². The lowest BCUT2D eigenvalue weighted by molar-refractivity contribution is 0.514. The Balaban J connectivity index is 1.64. The predicted molar refractivity (Wildman–Crippen MR) is 108 cm³/mol. The van der Waals surface area contributed by atoms with Gasteiger partial charge in [-0.1, -0.05) is 0 Å². The van der Waals surface area contributed by atoms with Gasteiger partial charge in [-0.3, -0.25) is 0 Å². The van der Waals surface area contributed by atoms with Crippen LogP contribution in [0.15, 0.2) is 36.8 Å². The van der Waals surface area contributed by atoms with E-state index in [9.17, 15) is 0 Å². The molecule has 5 rings (SSSR count). The van der Waals surface area contributed by atoms with E-state index in [0.717, 1.165) is 52.2 Å². The molecule has 1 aliphatic rings. The van der Waals surface area contributed by atoms with Gasteiger partial charge in [0.25, 0.3) is 0 Å². The Hall–Kier alpha value is -2.91. The molecule has 0 aromatic carbocycles. The molecule has 0 saturated carbocycles. The van der Waals surface area contributed by atoms with Crippen LogP contribution >= 0.6 is 11.5 Å². The predicted octanol–water partition coefficient (Wildman–Crippen LogP) is 2.39. The molecule has 0 unspecified atom stereocenters. The third-order valence-electron chi connectivity index (χ3n) is 4.71. The van der Waals surface area contributed by atoms with Crippen molar-refractivity contribution in [3.8, 4) is 11.1 Å². The van der Waals surface area contributed by atoms with Crippen molar-refractivity contribution < 1.29 is 0 Å². The number of anilines is 3. The average Bonchev–Trinajstić information content (AvgIpc) is 3.32. The van der Waals surface area contributed by atoms with E-state index >= 15 is 0 Å². The number of hydrogen-bond donors (Lipinski definition) is 2. The van der Waals surface area contributed by atoms with E-state index in [0.29, 0.717) is 0 Å². The summed E-state index contributed by atoms with van der Waals surface area (Å²) in [5, 5.41) is 9.01. The van der Waals surface area contributed by atoms with Crippen molar-refractivity contribution in [1.29, 1.82) is 0 Å². The van der Waals surface area contributed by atoms with Gasteiger partial charge in [-0.15, -0.1) is 0 Å². The van der Waals surface area contributed by atoms with E-state index < -0.39 is 0 Å². The van der Waals surface area contributed by atoms with Crippen molar-refractivity contribution in [3.63, 3.8) is 0 Å². The van der Waals surface area contributed by atoms with E-state index in [2.05, 4.69) is 32.0 Å². The number of hydrogen-bond acceptors (Lipinski definition) is 7. The standard InChI is InChI=1S/C18H20N8S/c1-11-5-17(27-23-11)21-16-6-15(25-9-13(19)10-25)22-18-14(7-20-26(16)18)12-3-4-24(2)8-12/h3-8,13,21H,9-10,19H2,1-2H3. The molecule has 0 amide bonds. The first-order valence-corrected chi connectivity index (χ1v) is 9.56. The second-order valence-electron chi connectivity index (χ2n) is 6.98. The molecule has 4 aromatic rings. The van der Waals surface area contributed by atoms with E-state index in [1.54, 1.807) is 0 Å². The fourth-order valence-electron chi connectivity index (χ4n) is 3.32. The fraction of sp³-hybridized carbons (Fsp3) is 0.278. The molecule has 3 N–H and O–H groups in total. The summed E-state index contributed by atoms with van der Waals surface area (Å²) in [5.74, 6) is 1.77. The number of nitrogens with two attached hydrogens (primary N) is 1. The number of nitrogens with one attached hydrogen (secondary N) is 1. The normalized spacial score (nSPS) is 14.7. The molecule has 1 fully saturated rings. The van der Waals surface area contributed by atoms with Crippen LogP contribution in [0.4, 0.5) is 16.6 Å². The zero-order valence-corrected chi connectivity index (χ0v) is 15.9. The second kappa shape index (κ2) is 6.07. The van der Waals surface area contributed by atoms with Crippen molar-refractivity contribution in [2.24, 2.45) is 12.8 Å². The number of aryl methyl sites for hydroxylation is 2. The molecular weight excluding hydrogens is 360 g/mol. The maximum atomic E-state index is 5.97. The van der Waals surface area contributed by atoms with Crippen molar-refractivity contribution in [2.45, 2.75) is 13.0 Å². The van der Waals surface area contributed by atoms with Gasteiger partial charge in [0, 0.05) is 55.8 Å². The Morgan fingerprint density at radius 1 is 1.30 bits per heavy atom. The first-order chi connectivity index (χ1) is 13.1. The Morgan fingerprint density at radius 2 is 2.15 bits per heavy atom. The highest BCUT2D eigenvalue weighted by Gasteiger charge is 2.26. The summed E-state index contributed by atoms with van der Waals surface area (Å²) < 4.78 is 8.22. The topological polar surface area (TPSA) is 89.3 Å². The second-order valence-corrected chi connectivity index (χ2v) is 7.79. The number of fused-ring (bicyclic) bond motifs is 1. The molecule has 9 heteroatoms. The van der Waals surface area contributed by atoms with Gasteiger partial charge in [0.05, 0.1) is 11.9 Å². The Kier molecular flexibility index (Phi) is 3.66. The molecule has 4 aromatic heterocycles. The van der Waals surface area contributed by atoms with Crippen molar-refractivity contribution >= 4 is 33.8 Å². The van der Waals surface area contributed by atoms with Crippen LogP contribution < -0.4 is 16.0 Å². The van der Waals surface area contributed by atoms with Crippen molar-refractivity contribution in [1.82, 2.24) is 23.5 Å². The first-order valence-electron chi connectivity index (χ1n) is 8.79. The zero-order chi connectivity index (χ0) is 18.5. The van der Waals surface area contributed by atoms with Crippen LogP contribution in [-0.2, 0) is 7.05 Å². The fourth-order valence-corrected chi connectivity index (χ4v) is 3.98. The average molecular weight is 380 g/mol. The lowest BCUT2D eigenvalue weighted by Crippen LogP contribution is -2.56. The van der Waals surface area contributed by atoms with Gasteiger partial charge >= 0.3 is 0 Å². The van der Waals surface area contributed by atoms with Gasteiger partial charge in [0.2, 0.25) is 0 Å². The van der Waals surface area contributed by atoms with Crippen LogP contribution in [0.3, 0.4) is 0 Å². The summed E-state index contributed by atoms with van der Waals surface area (Å²) in [7, 11) is 2.01.